The van der Waals surface area contributed by atoms with Gasteiger partial charge in [-0.25, -0.2) is 9.50 Å². The van der Waals surface area contributed by atoms with Crippen molar-refractivity contribution in [3.8, 4) is 0 Å². The van der Waals surface area contributed by atoms with Crippen molar-refractivity contribution in [1.82, 2.24) is 14.6 Å². The van der Waals surface area contributed by atoms with Crippen LogP contribution in [0.2, 0.25) is 0 Å². The third-order valence-electron chi connectivity index (χ3n) is 1.14. The molecule has 43 valence electrons. The van der Waals surface area contributed by atoms with Crippen LogP contribution in [0.25, 0.3) is 5.52 Å². The summed E-state index contributed by atoms with van der Waals surface area (Å²) < 4.78 is 1.60. The molecule has 1 radical (unpaired) electrons. The minimum atomic E-state index is 1.02. The van der Waals surface area contributed by atoms with Crippen molar-refractivity contribution in [3.63, 3.8) is 0 Å². The minimum Gasteiger partial charge on any atom is -0.234 e. The van der Waals surface area contributed by atoms with E-state index in [0.29, 0.717) is 0 Å². The highest BCUT2D eigenvalue weighted by atomic mass is 15.2. The first kappa shape index (κ1) is 4.49. The fourth-order valence-corrected chi connectivity index (χ4v) is 0.725. The van der Waals surface area contributed by atoms with Crippen LogP contribution in [0.1, 0.15) is 0 Å². The second kappa shape index (κ2) is 1.55. The van der Waals surface area contributed by atoms with Gasteiger partial charge >= 0.3 is 0 Å². The molecule has 0 aliphatic carbocycles. The van der Waals surface area contributed by atoms with Crippen molar-refractivity contribution in [1.29, 1.82) is 0 Å². The Labute approximate surface area is 52.0 Å². The molecule has 9 heavy (non-hydrogen) atoms. The molecule has 2 aromatic rings. The van der Waals surface area contributed by atoms with Gasteiger partial charge < -0.3 is 0 Å². The van der Waals surface area contributed by atoms with Crippen LogP contribution >= 0.6 is 0 Å². The third kappa shape index (κ3) is 0.579. The van der Waals surface area contributed by atoms with Gasteiger partial charge in [0.15, 0.2) is 6.33 Å². The number of aromatic nitrogens is 3. The van der Waals surface area contributed by atoms with Gasteiger partial charge in [-0.2, -0.15) is 5.10 Å². The van der Waals surface area contributed by atoms with Crippen LogP contribution < -0.4 is 0 Å². The van der Waals surface area contributed by atoms with E-state index in [1.807, 2.05) is 12.1 Å². The molecule has 3 nitrogen and oxygen atoms in total. The molecule has 2 aromatic heterocycles. The van der Waals surface area contributed by atoms with Gasteiger partial charge in [0, 0.05) is 6.20 Å². The molecule has 2 heterocycles. The van der Waals surface area contributed by atoms with E-state index in [4.69, 9.17) is 0 Å². The first-order valence-electron chi connectivity index (χ1n) is 2.63. The Balaban J connectivity index is 2.95. The van der Waals surface area contributed by atoms with Crippen LogP contribution in [0.5, 0.6) is 0 Å². The molecule has 0 saturated carbocycles. The molecule has 0 aliphatic heterocycles. The number of hydrogen-bond donors (Lipinski definition) is 0. The third-order valence-corrected chi connectivity index (χ3v) is 1.14. The number of hydrogen-bond acceptors (Lipinski definition) is 2. The maximum absolute atomic E-state index is 3.92. The first-order valence-corrected chi connectivity index (χ1v) is 2.63. The van der Waals surface area contributed by atoms with Crippen LogP contribution in [-0.4, -0.2) is 14.6 Å². The lowest BCUT2D eigenvalue weighted by atomic mass is 10.5. The Hall–Kier alpha value is -1.38. The van der Waals surface area contributed by atoms with Gasteiger partial charge in [-0.05, 0) is 12.1 Å². The molecule has 0 aromatic carbocycles. The maximum atomic E-state index is 3.92. The molecule has 0 spiro atoms. The molecular weight excluding hydrogens is 114 g/mol. The summed E-state index contributed by atoms with van der Waals surface area (Å²) in [6.45, 7) is 0. The summed E-state index contributed by atoms with van der Waals surface area (Å²) in [7, 11) is 0. The van der Waals surface area contributed by atoms with Gasteiger partial charge in [0.1, 0.15) is 0 Å². The molecule has 0 saturated heterocycles. The molecule has 0 bridgehead atoms. The Morgan fingerprint density at radius 3 is 3.11 bits per heavy atom. The van der Waals surface area contributed by atoms with Crippen molar-refractivity contribution < 1.29 is 0 Å². The van der Waals surface area contributed by atoms with Gasteiger partial charge in [-0.1, -0.05) is 0 Å². The lowest BCUT2D eigenvalue weighted by Gasteiger charge is -1.84. The smallest absolute Gasteiger partial charge is 0.199 e. The average molecular weight is 118 g/mol. The van der Waals surface area contributed by atoms with E-state index in [0.717, 1.165) is 5.52 Å². The van der Waals surface area contributed by atoms with E-state index in [-0.39, 0.29) is 0 Å². The van der Waals surface area contributed by atoms with Crippen LogP contribution in [0.4, 0.5) is 0 Å². The normalized spacial score (nSPS) is 10.2. The first-order chi connectivity index (χ1) is 4.47. The van der Waals surface area contributed by atoms with Crippen LogP contribution in [-0.2, 0) is 0 Å². The number of fused-ring (bicyclic) bond motifs is 1. The molecule has 0 unspecified atom stereocenters. The van der Waals surface area contributed by atoms with Crippen molar-refractivity contribution in [2.75, 3.05) is 0 Å². The van der Waals surface area contributed by atoms with E-state index in [1.165, 1.54) is 0 Å². The fraction of sp³-hybridized carbons (Fsp3) is 0. The average Bonchev–Trinajstić information content (AvgIpc) is 2.33. The summed E-state index contributed by atoms with van der Waals surface area (Å²) in [4.78, 5) is 3.76. The van der Waals surface area contributed by atoms with Crippen molar-refractivity contribution in [2.45, 2.75) is 0 Å². The largest absolute Gasteiger partial charge is 0.234 e. The highest BCUT2D eigenvalue weighted by molar-refractivity contribution is 5.42. The summed E-state index contributed by atoms with van der Waals surface area (Å²) >= 11 is 0. The Bertz CT molecular complexity index is 282. The molecule has 0 atom stereocenters. The summed E-state index contributed by atoms with van der Waals surface area (Å²) in [5.41, 5.74) is 1.02. The van der Waals surface area contributed by atoms with E-state index in [9.17, 15) is 0 Å². The van der Waals surface area contributed by atoms with Crippen molar-refractivity contribution in [2.24, 2.45) is 0 Å². The molecular formula is C6H4N3. The lowest BCUT2D eigenvalue weighted by Crippen LogP contribution is -1.86. The summed E-state index contributed by atoms with van der Waals surface area (Å²) in [6.07, 6.45) is 6.09. The summed E-state index contributed by atoms with van der Waals surface area (Å²) in [5, 5.41) is 3.92. The lowest BCUT2D eigenvalue weighted by molar-refractivity contribution is 0.910. The van der Waals surface area contributed by atoms with Gasteiger partial charge in [0.25, 0.3) is 0 Å². The van der Waals surface area contributed by atoms with Crippen molar-refractivity contribution >= 4 is 5.52 Å². The van der Waals surface area contributed by atoms with Gasteiger partial charge in [-0.3, -0.25) is 0 Å². The topological polar surface area (TPSA) is 30.2 Å². The van der Waals surface area contributed by atoms with Gasteiger partial charge in [0.05, 0.1) is 11.7 Å². The standard InChI is InChI=1S/C6H4N3/c1-3-7-5-9-6(1)2-4-8-9/h1-4H. The SMILES string of the molecule is [c]1nccc2ccnn12. The zero-order valence-corrected chi connectivity index (χ0v) is 4.65. The molecule has 0 N–H and O–H groups in total. The van der Waals surface area contributed by atoms with E-state index < -0.39 is 0 Å². The molecule has 2 rings (SSSR count). The highest BCUT2D eigenvalue weighted by Crippen LogP contribution is 1.95. The molecule has 0 aliphatic rings. The Morgan fingerprint density at radius 1 is 1.33 bits per heavy atom. The Kier molecular flexibility index (Phi) is 0.773. The zero-order valence-electron chi connectivity index (χ0n) is 4.65. The molecule has 3 heteroatoms. The predicted molar refractivity (Wildman–Crippen MR) is 31.8 cm³/mol. The number of nitrogens with zero attached hydrogens (tertiary/aromatic N) is 3. The quantitative estimate of drug-likeness (QED) is 0.505. The van der Waals surface area contributed by atoms with Gasteiger partial charge in [-0.15, -0.1) is 0 Å². The highest BCUT2D eigenvalue weighted by Gasteiger charge is 1.87. The van der Waals surface area contributed by atoms with Crippen LogP contribution in [0, 0.1) is 6.33 Å². The van der Waals surface area contributed by atoms with E-state index in [1.54, 1.807) is 16.9 Å². The van der Waals surface area contributed by atoms with E-state index >= 15 is 0 Å². The minimum absolute atomic E-state index is 1.02. The van der Waals surface area contributed by atoms with Gasteiger partial charge in [0.2, 0.25) is 0 Å². The predicted octanol–water partition coefficient (Wildman–Crippen LogP) is 0.529. The van der Waals surface area contributed by atoms with Crippen LogP contribution in [0.15, 0.2) is 24.5 Å². The second-order valence-electron chi connectivity index (χ2n) is 1.71. The van der Waals surface area contributed by atoms with E-state index in [2.05, 4.69) is 16.4 Å². The molecule has 0 amide bonds. The summed E-state index contributed by atoms with van der Waals surface area (Å²) in [6, 6.07) is 3.78. The zero-order chi connectivity index (χ0) is 6.10. The monoisotopic (exact) mass is 118 g/mol. The number of rotatable bonds is 0. The fourth-order valence-electron chi connectivity index (χ4n) is 0.725. The Morgan fingerprint density at radius 2 is 2.22 bits per heavy atom. The molecule has 0 fully saturated rings. The maximum Gasteiger partial charge on any atom is 0.199 e. The second-order valence-corrected chi connectivity index (χ2v) is 1.71. The van der Waals surface area contributed by atoms with Crippen molar-refractivity contribution in [3.05, 3.63) is 30.9 Å². The summed E-state index contributed by atoms with van der Waals surface area (Å²) in [5.74, 6) is 0. The van der Waals surface area contributed by atoms with Crippen LogP contribution in [0.3, 0.4) is 0 Å².